The molecular weight excluding hydrogens is 526 g/mol. The maximum atomic E-state index is 14.2. The summed E-state index contributed by atoms with van der Waals surface area (Å²) in [5, 5.41) is 6.26. The van der Waals surface area contributed by atoms with Gasteiger partial charge in [0.15, 0.2) is 0 Å². The third-order valence-corrected chi connectivity index (χ3v) is 6.06. The van der Waals surface area contributed by atoms with Crippen molar-refractivity contribution in [3.8, 4) is 11.3 Å². The fourth-order valence-electron chi connectivity index (χ4n) is 3.86. The number of nitrogens with one attached hydrogen (secondary N) is 1. The maximum Gasteiger partial charge on any atom is 0.423 e. The molecule has 5 rings (SSSR count). The normalized spacial score (nSPS) is 13.2. The van der Waals surface area contributed by atoms with Crippen LogP contribution in [0.15, 0.2) is 58.5 Å². The lowest BCUT2D eigenvalue weighted by Gasteiger charge is -2.06. The van der Waals surface area contributed by atoms with Crippen molar-refractivity contribution in [2.75, 3.05) is 5.73 Å². The van der Waals surface area contributed by atoms with Crippen molar-refractivity contribution in [2.24, 2.45) is 7.05 Å². The summed E-state index contributed by atoms with van der Waals surface area (Å²) in [6.07, 6.45) is 8.12. The van der Waals surface area contributed by atoms with Crippen LogP contribution in [-0.2, 0) is 13.2 Å². The van der Waals surface area contributed by atoms with Crippen LogP contribution >= 0.6 is 11.6 Å². The van der Waals surface area contributed by atoms with Crippen LogP contribution in [0.5, 0.6) is 0 Å². The monoisotopic (exact) mass is 551 g/mol. The topological polar surface area (TPSA) is 107 Å². The highest BCUT2D eigenvalue weighted by molar-refractivity contribution is 6.30. The first-order valence-corrected chi connectivity index (χ1v) is 12.2. The number of rotatable bonds is 1. The highest BCUT2D eigenvalue weighted by Crippen LogP contribution is 2.29. The van der Waals surface area contributed by atoms with E-state index in [1.807, 2.05) is 0 Å². The number of H-pyrrole nitrogens is 1. The molecule has 202 valence electrons. The average molecular weight is 552 g/mol. The van der Waals surface area contributed by atoms with Gasteiger partial charge in [-0.2, -0.15) is 18.3 Å². The average Bonchev–Trinajstić information content (AvgIpc) is 2.88. The van der Waals surface area contributed by atoms with Crippen molar-refractivity contribution in [3.63, 3.8) is 0 Å². The number of pyridine rings is 2. The van der Waals surface area contributed by atoms with Crippen molar-refractivity contribution >= 4 is 28.1 Å². The van der Waals surface area contributed by atoms with Crippen LogP contribution in [0.4, 0.5) is 23.2 Å². The molecule has 12 heteroatoms. The Morgan fingerprint density at radius 1 is 1.00 bits per heavy atom. The number of halogens is 5. The Morgan fingerprint density at radius 2 is 1.63 bits per heavy atom. The van der Waals surface area contributed by atoms with E-state index in [4.69, 9.17) is 17.3 Å². The van der Waals surface area contributed by atoms with Gasteiger partial charge in [-0.1, -0.05) is 50.1 Å². The minimum Gasteiger partial charge on any atom is -0.397 e. The van der Waals surface area contributed by atoms with Crippen LogP contribution in [-0.4, -0.2) is 19.7 Å². The van der Waals surface area contributed by atoms with Gasteiger partial charge in [-0.15, -0.1) is 0 Å². The van der Waals surface area contributed by atoms with Gasteiger partial charge >= 0.3 is 6.18 Å². The van der Waals surface area contributed by atoms with Gasteiger partial charge in [0.2, 0.25) is 0 Å². The predicted molar refractivity (Wildman–Crippen MR) is 139 cm³/mol. The summed E-state index contributed by atoms with van der Waals surface area (Å²) in [6, 6.07) is 7.95. The number of hydrogen-bond donors (Lipinski definition) is 2. The molecule has 3 N–H and O–H groups in total. The molecule has 0 atom stereocenters. The Kier molecular flexibility index (Phi) is 9.62. The second kappa shape index (κ2) is 12.7. The SMILES string of the molecule is C1CCCCC1.Cn1ccc2cc(-c3ccc(Cl)cn3)c(F)cc2c1=O.Nc1cn[nH]c(=O)c1C(F)(F)F. The molecule has 38 heavy (non-hydrogen) atoms. The fraction of sp³-hybridized carbons (Fsp3) is 0.308. The number of nitrogens with two attached hydrogens (primary N) is 1. The van der Waals surface area contributed by atoms with Gasteiger partial charge in [0.1, 0.15) is 11.4 Å². The lowest BCUT2D eigenvalue weighted by Crippen LogP contribution is -2.24. The Hall–Kier alpha value is -3.73. The van der Waals surface area contributed by atoms with Crippen LogP contribution < -0.4 is 16.9 Å². The summed E-state index contributed by atoms with van der Waals surface area (Å²) in [6.45, 7) is 0. The van der Waals surface area contributed by atoms with Crippen molar-refractivity contribution in [2.45, 2.75) is 44.7 Å². The van der Waals surface area contributed by atoms with E-state index >= 15 is 0 Å². The third kappa shape index (κ3) is 7.41. The lowest BCUT2D eigenvalue weighted by atomic mass is 10.0. The summed E-state index contributed by atoms with van der Waals surface area (Å²) in [5.41, 5.74) is 2.10. The molecule has 3 aromatic heterocycles. The first-order valence-electron chi connectivity index (χ1n) is 11.8. The molecule has 0 spiro atoms. The van der Waals surface area contributed by atoms with E-state index in [1.54, 1.807) is 42.6 Å². The van der Waals surface area contributed by atoms with Crippen molar-refractivity contribution < 1.29 is 17.6 Å². The minimum atomic E-state index is -4.74. The van der Waals surface area contributed by atoms with Crippen LogP contribution in [0.25, 0.3) is 22.0 Å². The molecule has 4 aromatic rings. The molecule has 0 bridgehead atoms. The number of fused-ring (bicyclic) bond motifs is 1. The number of nitrogen functional groups attached to an aromatic ring is 1. The van der Waals surface area contributed by atoms with E-state index in [9.17, 15) is 27.2 Å². The third-order valence-electron chi connectivity index (χ3n) is 5.84. The molecular formula is C26H26ClF4N5O2. The molecule has 1 saturated carbocycles. The van der Waals surface area contributed by atoms with Crippen LogP contribution in [0.1, 0.15) is 44.1 Å². The Balaban J connectivity index is 0.000000187. The van der Waals surface area contributed by atoms with Gasteiger partial charge in [-0.25, -0.2) is 9.49 Å². The maximum absolute atomic E-state index is 14.2. The molecule has 0 unspecified atom stereocenters. The van der Waals surface area contributed by atoms with E-state index in [0.717, 1.165) is 6.20 Å². The van der Waals surface area contributed by atoms with Crippen LogP contribution in [0.2, 0.25) is 5.02 Å². The molecule has 0 aliphatic heterocycles. The highest BCUT2D eigenvalue weighted by atomic mass is 35.5. The van der Waals surface area contributed by atoms with E-state index in [1.165, 1.54) is 55.4 Å². The molecule has 7 nitrogen and oxygen atoms in total. The summed E-state index contributed by atoms with van der Waals surface area (Å²) < 4.78 is 51.6. The van der Waals surface area contributed by atoms with E-state index < -0.39 is 28.8 Å². The van der Waals surface area contributed by atoms with Crippen molar-refractivity contribution in [1.82, 2.24) is 19.7 Å². The largest absolute Gasteiger partial charge is 0.423 e. The quantitative estimate of drug-likeness (QED) is 0.278. The van der Waals surface area contributed by atoms with Gasteiger partial charge < -0.3 is 10.3 Å². The number of benzene rings is 1. The number of nitrogens with zero attached hydrogens (tertiary/aromatic N) is 3. The Bertz CT molecular complexity index is 1490. The fourth-order valence-corrected chi connectivity index (χ4v) is 3.97. The lowest BCUT2D eigenvalue weighted by molar-refractivity contribution is -0.138. The van der Waals surface area contributed by atoms with Crippen molar-refractivity contribution in [1.29, 1.82) is 0 Å². The van der Waals surface area contributed by atoms with Crippen LogP contribution in [0.3, 0.4) is 0 Å². The Labute approximate surface area is 220 Å². The smallest absolute Gasteiger partial charge is 0.397 e. The van der Waals surface area contributed by atoms with Gasteiger partial charge in [0, 0.05) is 25.0 Å². The summed E-state index contributed by atoms with van der Waals surface area (Å²) >= 11 is 5.77. The molecule has 1 fully saturated rings. The first kappa shape index (κ1) is 28.8. The molecule has 1 aromatic carbocycles. The number of aryl methyl sites for hydroxylation is 1. The zero-order valence-electron chi connectivity index (χ0n) is 20.5. The number of alkyl halides is 3. The first-order chi connectivity index (χ1) is 18.0. The number of anilines is 1. The zero-order chi connectivity index (χ0) is 27.9. The van der Waals surface area contributed by atoms with E-state index in [-0.39, 0.29) is 5.56 Å². The number of hydrogen-bond acceptors (Lipinski definition) is 5. The van der Waals surface area contributed by atoms with E-state index in [2.05, 4.69) is 10.1 Å². The molecule has 1 aliphatic rings. The van der Waals surface area contributed by atoms with E-state index in [0.29, 0.717) is 27.1 Å². The summed E-state index contributed by atoms with van der Waals surface area (Å²) in [7, 11) is 1.63. The molecule has 3 heterocycles. The second-order valence-corrected chi connectivity index (χ2v) is 9.10. The van der Waals surface area contributed by atoms with Gasteiger partial charge in [-0.05, 0) is 35.7 Å². The predicted octanol–water partition coefficient (Wildman–Crippen LogP) is 6.10. The molecule has 0 radical (unpaired) electrons. The number of aromatic amines is 1. The molecule has 0 amide bonds. The molecule has 1 aliphatic carbocycles. The second-order valence-electron chi connectivity index (χ2n) is 8.66. The number of aromatic nitrogens is 4. The van der Waals surface area contributed by atoms with Gasteiger partial charge in [0.25, 0.3) is 11.1 Å². The zero-order valence-corrected chi connectivity index (χ0v) is 21.2. The summed E-state index contributed by atoms with van der Waals surface area (Å²) in [5.74, 6) is -0.476. The van der Waals surface area contributed by atoms with Gasteiger partial charge in [0.05, 0.1) is 28.0 Å². The Morgan fingerprint density at radius 3 is 2.13 bits per heavy atom. The van der Waals surface area contributed by atoms with Crippen LogP contribution in [0, 0.1) is 5.82 Å². The highest BCUT2D eigenvalue weighted by Gasteiger charge is 2.36. The molecule has 0 saturated heterocycles. The minimum absolute atomic E-state index is 0.225. The van der Waals surface area contributed by atoms with Crippen molar-refractivity contribution in [3.05, 3.63) is 86.0 Å². The summed E-state index contributed by atoms with van der Waals surface area (Å²) in [4.78, 5) is 26.6. The van der Waals surface area contributed by atoms with Gasteiger partial charge in [-0.3, -0.25) is 14.6 Å². The standard InChI is InChI=1S/C15H10ClFN2O.C6H12.C5H4F3N3O/c1-19-5-4-9-6-12(13(17)7-11(9)15(19)20)14-3-2-10(16)8-18-14;1-2-4-6-5-3-1;6-5(7,8)3-2(9)1-10-11-4(3)12/h2-8H,1H3;1-6H2;1H,(H3,9,11,12).